The van der Waals surface area contributed by atoms with Crippen molar-refractivity contribution < 1.29 is 16.8 Å². The summed E-state index contributed by atoms with van der Waals surface area (Å²) in [6.07, 6.45) is 0. The zero-order valence-corrected chi connectivity index (χ0v) is 15.8. The molecule has 0 radical (unpaired) electrons. The maximum atomic E-state index is 13.0. The molecule has 0 aromatic heterocycles. The fourth-order valence-electron chi connectivity index (χ4n) is 2.11. The van der Waals surface area contributed by atoms with Crippen LogP contribution >= 0.6 is 0 Å². The molecule has 2 aromatic rings. The van der Waals surface area contributed by atoms with Gasteiger partial charge in [0.05, 0.1) is 20.4 Å². The van der Waals surface area contributed by atoms with E-state index in [2.05, 4.69) is 9.98 Å². The van der Waals surface area contributed by atoms with E-state index < -0.39 is 31.8 Å². The van der Waals surface area contributed by atoms with Crippen molar-refractivity contribution >= 4 is 37.5 Å². The predicted octanol–water partition coefficient (Wildman–Crippen LogP) is -0.305. The fourth-order valence-corrected chi connectivity index (χ4v) is 4.02. The van der Waals surface area contributed by atoms with Crippen molar-refractivity contribution in [2.45, 2.75) is 21.6 Å². The minimum absolute atomic E-state index is 0.00619. The second-order valence-corrected chi connectivity index (χ2v) is 8.98. The Hall–Kier alpha value is -2.96. The van der Waals surface area contributed by atoms with E-state index in [0.717, 1.165) is 23.8 Å². The summed E-state index contributed by atoms with van der Waals surface area (Å²) in [5.74, 6) is -0.858. The number of sulfonamides is 1. The van der Waals surface area contributed by atoms with E-state index in [1.54, 1.807) is 12.1 Å². The lowest BCUT2D eigenvalue weighted by Gasteiger charge is -2.10. The molecule has 0 aliphatic carbocycles. The number of nitrogens with two attached hydrogens (primary N) is 4. The van der Waals surface area contributed by atoms with Gasteiger partial charge in [-0.05, 0) is 37.3 Å². The van der Waals surface area contributed by atoms with Crippen LogP contribution in [-0.4, -0.2) is 28.8 Å². The average molecular weight is 410 g/mol. The highest BCUT2D eigenvalue weighted by Crippen LogP contribution is 2.32. The molecule has 0 fully saturated rings. The zero-order valence-electron chi connectivity index (χ0n) is 14.2. The molecule has 144 valence electrons. The number of sulfone groups is 1. The Kier molecular flexibility index (Phi) is 5.54. The van der Waals surface area contributed by atoms with E-state index in [9.17, 15) is 16.8 Å². The van der Waals surface area contributed by atoms with Gasteiger partial charge in [-0.2, -0.15) is 4.99 Å². The maximum Gasteiger partial charge on any atom is 0.238 e. The third kappa shape index (κ3) is 4.81. The summed E-state index contributed by atoms with van der Waals surface area (Å²) in [6.45, 7) is 1.81. The molecule has 0 saturated carbocycles. The number of guanidine groups is 2. The van der Waals surface area contributed by atoms with Crippen molar-refractivity contribution in [3.05, 3.63) is 48.0 Å². The van der Waals surface area contributed by atoms with Crippen LogP contribution in [0.2, 0.25) is 0 Å². The summed E-state index contributed by atoms with van der Waals surface area (Å²) in [5.41, 5.74) is 16.6. The molecule has 27 heavy (non-hydrogen) atoms. The first-order valence-electron chi connectivity index (χ1n) is 7.33. The molecular formula is C15H18N6O4S2. The average Bonchev–Trinajstić information content (AvgIpc) is 2.53. The molecule has 0 aliphatic heterocycles. The normalized spacial score (nSPS) is 12.6. The molecule has 0 spiro atoms. The van der Waals surface area contributed by atoms with E-state index >= 15 is 0 Å². The van der Waals surface area contributed by atoms with Gasteiger partial charge in [0.25, 0.3) is 0 Å². The number of hydrogen-bond acceptors (Lipinski definition) is 5. The Balaban J connectivity index is 2.75. The topological polar surface area (TPSA) is 197 Å². The first-order chi connectivity index (χ1) is 12.4. The van der Waals surface area contributed by atoms with E-state index in [-0.39, 0.29) is 20.4 Å². The minimum Gasteiger partial charge on any atom is -0.370 e. The number of aryl methyl sites for hydroxylation is 1. The monoisotopic (exact) mass is 410 g/mol. The Morgan fingerprint density at radius 3 is 1.96 bits per heavy atom. The number of aliphatic imine (C=N–C) groups is 2. The molecule has 12 heteroatoms. The van der Waals surface area contributed by atoms with Gasteiger partial charge in [0.2, 0.25) is 25.8 Å². The second-order valence-electron chi connectivity index (χ2n) is 5.50. The Bertz CT molecular complexity index is 1130. The summed E-state index contributed by atoms with van der Waals surface area (Å²) in [5, 5.41) is 5.10. The summed E-state index contributed by atoms with van der Waals surface area (Å²) < 4.78 is 49.1. The molecule has 0 bridgehead atoms. The van der Waals surface area contributed by atoms with Crippen molar-refractivity contribution in [1.82, 2.24) is 0 Å². The van der Waals surface area contributed by atoms with Crippen LogP contribution in [0.4, 0.5) is 5.69 Å². The predicted molar refractivity (Wildman–Crippen MR) is 102 cm³/mol. The molecule has 2 rings (SSSR count). The van der Waals surface area contributed by atoms with Crippen molar-refractivity contribution in [2.75, 3.05) is 0 Å². The van der Waals surface area contributed by atoms with Crippen LogP contribution in [-0.2, 0) is 19.9 Å². The molecule has 8 N–H and O–H groups in total. The molecule has 0 heterocycles. The van der Waals surface area contributed by atoms with Gasteiger partial charge in [-0.15, -0.1) is 0 Å². The van der Waals surface area contributed by atoms with Gasteiger partial charge in [-0.1, -0.05) is 17.7 Å². The quantitative estimate of drug-likeness (QED) is 0.391. The lowest BCUT2D eigenvalue weighted by Crippen LogP contribution is -2.26. The van der Waals surface area contributed by atoms with Crippen LogP contribution in [0.1, 0.15) is 5.56 Å². The highest BCUT2D eigenvalue weighted by molar-refractivity contribution is 7.91. The van der Waals surface area contributed by atoms with Gasteiger partial charge in [0.1, 0.15) is 0 Å². The van der Waals surface area contributed by atoms with Crippen LogP contribution in [0.15, 0.2) is 67.1 Å². The van der Waals surface area contributed by atoms with Crippen molar-refractivity contribution in [3.8, 4) is 0 Å². The second kappa shape index (κ2) is 7.34. The van der Waals surface area contributed by atoms with Crippen molar-refractivity contribution in [2.24, 2.45) is 32.3 Å². The Morgan fingerprint density at radius 1 is 0.889 bits per heavy atom. The Morgan fingerprint density at radius 2 is 1.44 bits per heavy atom. The molecule has 0 saturated heterocycles. The molecule has 0 unspecified atom stereocenters. The van der Waals surface area contributed by atoms with E-state index in [1.807, 2.05) is 6.92 Å². The van der Waals surface area contributed by atoms with E-state index in [4.69, 9.17) is 22.3 Å². The summed E-state index contributed by atoms with van der Waals surface area (Å²) in [4.78, 5) is 6.69. The van der Waals surface area contributed by atoms with Gasteiger partial charge in [-0.3, -0.25) is 0 Å². The van der Waals surface area contributed by atoms with Gasteiger partial charge in [-0.25, -0.2) is 27.0 Å². The Labute approximate surface area is 156 Å². The SMILES string of the molecule is Cc1ccc(S(=O)(=O)c2ccc(S(N)(=O)=O)cc2N=C(N)N=C(N)N)cc1. The van der Waals surface area contributed by atoms with Crippen molar-refractivity contribution in [3.63, 3.8) is 0 Å². The molecular weight excluding hydrogens is 392 g/mol. The summed E-state index contributed by atoms with van der Waals surface area (Å²) in [7, 11) is -8.14. The molecule has 0 aliphatic rings. The van der Waals surface area contributed by atoms with E-state index in [1.165, 1.54) is 12.1 Å². The van der Waals surface area contributed by atoms with E-state index in [0.29, 0.717) is 0 Å². The first-order valence-corrected chi connectivity index (χ1v) is 10.4. The van der Waals surface area contributed by atoms with Gasteiger partial charge in [0.15, 0.2) is 5.96 Å². The fraction of sp³-hybridized carbons (Fsp3) is 0.0667. The number of benzene rings is 2. The summed E-state index contributed by atoms with van der Waals surface area (Å²) >= 11 is 0. The lowest BCUT2D eigenvalue weighted by atomic mass is 10.2. The third-order valence-corrected chi connectivity index (χ3v) is 6.09. The highest BCUT2D eigenvalue weighted by atomic mass is 32.2. The minimum atomic E-state index is -4.11. The summed E-state index contributed by atoms with van der Waals surface area (Å²) in [6, 6.07) is 9.22. The third-order valence-electron chi connectivity index (χ3n) is 3.36. The number of rotatable bonds is 4. The zero-order chi connectivity index (χ0) is 20.4. The standard InChI is InChI=1S/C15H18N6O4S2/c1-9-2-4-10(5-3-9)26(22,23)13-7-6-11(27(19,24)25)8-12(13)20-15(18)21-14(16)17/h2-8H,1H3,(H2,19,24,25)(H6,16,17,18,20,21). The van der Waals surface area contributed by atoms with Crippen LogP contribution in [0.5, 0.6) is 0 Å². The van der Waals surface area contributed by atoms with Gasteiger partial charge in [0, 0.05) is 0 Å². The molecule has 0 amide bonds. The molecule has 0 atom stereocenters. The van der Waals surface area contributed by atoms with Gasteiger partial charge >= 0.3 is 0 Å². The van der Waals surface area contributed by atoms with Crippen LogP contribution in [0, 0.1) is 6.92 Å². The lowest BCUT2D eigenvalue weighted by molar-refractivity contribution is 0.593. The number of primary sulfonamides is 1. The maximum absolute atomic E-state index is 13.0. The van der Waals surface area contributed by atoms with Crippen LogP contribution < -0.4 is 22.3 Å². The number of nitrogens with zero attached hydrogens (tertiary/aromatic N) is 2. The highest BCUT2D eigenvalue weighted by Gasteiger charge is 2.23. The van der Waals surface area contributed by atoms with Crippen LogP contribution in [0.25, 0.3) is 0 Å². The van der Waals surface area contributed by atoms with Crippen molar-refractivity contribution in [1.29, 1.82) is 0 Å². The first kappa shape index (κ1) is 20.4. The molecule has 10 nitrogen and oxygen atoms in total. The van der Waals surface area contributed by atoms with Gasteiger partial charge < -0.3 is 17.2 Å². The largest absolute Gasteiger partial charge is 0.370 e. The van der Waals surface area contributed by atoms with Crippen LogP contribution in [0.3, 0.4) is 0 Å². The number of hydrogen-bond donors (Lipinski definition) is 4. The smallest absolute Gasteiger partial charge is 0.238 e. The molecule has 2 aromatic carbocycles.